The summed E-state index contributed by atoms with van der Waals surface area (Å²) in [5.74, 6) is 0.0869. The van der Waals surface area contributed by atoms with Crippen molar-refractivity contribution in [2.75, 3.05) is 37.4 Å². The fraction of sp³-hybridized carbons (Fsp3) is 0.263. The lowest BCUT2D eigenvalue weighted by Crippen LogP contribution is -2.30. The van der Waals surface area contributed by atoms with Gasteiger partial charge in [0.25, 0.3) is 5.91 Å². The van der Waals surface area contributed by atoms with Crippen molar-refractivity contribution in [1.82, 2.24) is 25.3 Å². The Morgan fingerprint density at radius 1 is 1.18 bits per heavy atom. The highest BCUT2D eigenvalue weighted by molar-refractivity contribution is 5.93. The van der Waals surface area contributed by atoms with Crippen molar-refractivity contribution >= 4 is 17.4 Å². The summed E-state index contributed by atoms with van der Waals surface area (Å²) in [4.78, 5) is 14.4. The molecule has 0 aliphatic heterocycles. The summed E-state index contributed by atoms with van der Waals surface area (Å²) < 4.78 is 14.6. The third-order valence-corrected chi connectivity index (χ3v) is 4.13. The van der Waals surface area contributed by atoms with Crippen LogP contribution in [0.4, 0.5) is 15.9 Å². The maximum absolute atomic E-state index is 13.1. The number of rotatable bonds is 7. The number of hydrogen-bond acceptors (Lipinski definition) is 6. The zero-order chi connectivity index (χ0) is 20.1. The Balaban J connectivity index is 1.55. The summed E-state index contributed by atoms with van der Waals surface area (Å²) in [6.07, 6.45) is 1.67. The van der Waals surface area contributed by atoms with E-state index < -0.39 is 0 Å². The first kappa shape index (κ1) is 19.3. The minimum absolute atomic E-state index is 0.238. The molecule has 8 nitrogen and oxygen atoms in total. The minimum Gasteiger partial charge on any atom is -0.376 e. The van der Waals surface area contributed by atoms with E-state index in [0.29, 0.717) is 30.3 Å². The molecule has 0 radical (unpaired) electrons. The summed E-state index contributed by atoms with van der Waals surface area (Å²) in [6, 6.07) is 9.55. The van der Waals surface area contributed by atoms with Crippen molar-refractivity contribution in [3.63, 3.8) is 0 Å². The van der Waals surface area contributed by atoms with Crippen LogP contribution in [-0.4, -0.2) is 53.1 Å². The molecule has 1 aromatic carbocycles. The third-order valence-electron chi connectivity index (χ3n) is 4.13. The standard InChI is InChI=1S/C19H22FN7O/c1-26(2)15-10-18(24-23-12-15)21-8-9-22-19(28)17-11-16(25-27(17)3)13-4-6-14(20)7-5-13/h4-7,10-12H,8-9H2,1-3H3,(H,21,24)(H,22,28). The number of hydrogen-bond donors (Lipinski definition) is 2. The molecule has 0 unspecified atom stereocenters. The normalized spacial score (nSPS) is 10.6. The highest BCUT2D eigenvalue weighted by atomic mass is 19.1. The predicted molar refractivity (Wildman–Crippen MR) is 106 cm³/mol. The molecule has 0 saturated carbocycles. The Hall–Kier alpha value is -3.49. The average molecular weight is 383 g/mol. The van der Waals surface area contributed by atoms with E-state index in [-0.39, 0.29) is 11.7 Å². The monoisotopic (exact) mass is 383 g/mol. The molecule has 2 heterocycles. The second-order valence-corrected chi connectivity index (χ2v) is 6.42. The molecule has 0 bridgehead atoms. The lowest BCUT2D eigenvalue weighted by atomic mass is 10.1. The first-order valence-electron chi connectivity index (χ1n) is 8.76. The molecule has 146 valence electrons. The van der Waals surface area contributed by atoms with Crippen LogP contribution in [0.5, 0.6) is 0 Å². The molecule has 2 N–H and O–H groups in total. The lowest BCUT2D eigenvalue weighted by molar-refractivity contribution is 0.0946. The van der Waals surface area contributed by atoms with Crippen LogP contribution in [0.3, 0.4) is 0 Å². The second-order valence-electron chi connectivity index (χ2n) is 6.42. The maximum Gasteiger partial charge on any atom is 0.269 e. The van der Waals surface area contributed by atoms with Gasteiger partial charge in [0.05, 0.1) is 17.6 Å². The molecule has 0 atom stereocenters. The number of carbonyl (C=O) groups is 1. The van der Waals surface area contributed by atoms with Gasteiger partial charge in [0, 0.05) is 45.9 Å². The Morgan fingerprint density at radius 2 is 1.93 bits per heavy atom. The zero-order valence-electron chi connectivity index (χ0n) is 16.0. The van der Waals surface area contributed by atoms with Gasteiger partial charge < -0.3 is 15.5 Å². The number of anilines is 2. The van der Waals surface area contributed by atoms with Gasteiger partial charge in [-0.1, -0.05) is 0 Å². The molecule has 3 aromatic rings. The van der Waals surface area contributed by atoms with E-state index in [1.54, 1.807) is 31.4 Å². The van der Waals surface area contributed by atoms with Gasteiger partial charge in [0.15, 0.2) is 5.82 Å². The van der Waals surface area contributed by atoms with Gasteiger partial charge in [-0.2, -0.15) is 10.2 Å². The Labute approximate surface area is 162 Å². The number of aryl methyl sites for hydroxylation is 1. The molecular formula is C19H22FN7O. The molecular weight excluding hydrogens is 361 g/mol. The zero-order valence-corrected chi connectivity index (χ0v) is 16.0. The van der Waals surface area contributed by atoms with Crippen LogP contribution < -0.4 is 15.5 Å². The quantitative estimate of drug-likeness (QED) is 0.606. The smallest absolute Gasteiger partial charge is 0.269 e. The van der Waals surface area contributed by atoms with Crippen LogP contribution >= 0.6 is 0 Å². The SMILES string of the molecule is CN(C)c1cnnc(NCCNC(=O)c2cc(-c3ccc(F)cc3)nn2C)c1. The van der Waals surface area contributed by atoms with Gasteiger partial charge >= 0.3 is 0 Å². The molecule has 1 amide bonds. The van der Waals surface area contributed by atoms with Gasteiger partial charge in [-0.05, 0) is 30.3 Å². The summed E-state index contributed by atoms with van der Waals surface area (Å²) >= 11 is 0. The first-order valence-corrected chi connectivity index (χ1v) is 8.76. The van der Waals surface area contributed by atoms with E-state index in [0.717, 1.165) is 11.3 Å². The van der Waals surface area contributed by atoms with Gasteiger partial charge in [0.2, 0.25) is 0 Å². The molecule has 9 heteroatoms. The largest absolute Gasteiger partial charge is 0.376 e. The highest BCUT2D eigenvalue weighted by Crippen LogP contribution is 2.19. The molecule has 0 aliphatic rings. The highest BCUT2D eigenvalue weighted by Gasteiger charge is 2.14. The number of nitrogens with one attached hydrogen (secondary N) is 2. The number of amides is 1. The van der Waals surface area contributed by atoms with Crippen LogP contribution in [0.25, 0.3) is 11.3 Å². The Kier molecular flexibility index (Phi) is 5.83. The van der Waals surface area contributed by atoms with Gasteiger partial charge in [0.1, 0.15) is 11.5 Å². The van der Waals surface area contributed by atoms with Crippen LogP contribution in [0.15, 0.2) is 42.6 Å². The van der Waals surface area contributed by atoms with E-state index >= 15 is 0 Å². The molecule has 28 heavy (non-hydrogen) atoms. The third kappa shape index (κ3) is 4.61. The summed E-state index contributed by atoms with van der Waals surface area (Å²) in [7, 11) is 5.55. The molecule has 0 saturated heterocycles. The van der Waals surface area contributed by atoms with Crippen molar-refractivity contribution in [2.24, 2.45) is 7.05 Å². The maximum atomic E-state index is 13.1. The number of aromatic nitrogens is 4. The Morgan fingerprint density at radius 3 is 2.64 bits per heavy atom. The van der Waals surface area contributed by atoms with Gasteiger partial charge in [-0.15, -0.1) is 5.10 Å². The van der Waals surface area contributed by atoms with E-state index in [9.17, 15) is 9.18 Å². The molecule has 2 aromatic heterocycles. The lowest BCUT2D eigenvalue weighted by Gasteiger charge is -2.13. The minimum atomic E-state index is -0.314. The van der Waals surface area contributed by atoms with Crippen molar-refractivity contribution in [3.05, 3.63) is 54.1 Å². The fourth-order valence-corrected chi connectivity index (χ4v) is 2.59. The van der Waals surface area contributed by atoms with E-state index in [1.807, 2.05) is 25.1 Å². The molecule has 0 aliphatic carbocycles. The predicted octanol–water partition coefficient (Wildman–Crippen LogP) is 1.92. The van der Waals surface area contributed by atoms with Crippen molar-refractivity contribution in [3.8, 4) is 11.3 Å². The number of carbonyl (C=O) groups excluding carboxylic acids is 1. The van der Waals surface area contributed by atoms with Gasteiger partial charge in [-0.25, -0.2) is 4.39 Å². The summed E-state index contributed by atoms with van der Waals surface area (Å²) in [5.41, 5.74) is 2.72. The molecule has 3 rings (SSSR count). The van der Waals surface area contributed by atoms with E-state index in [4.69, 9.17) is 0 Å². The topological polar surface area (TPSA) is 88.0 Å². The van der Waals surface area contributed by atoms with Crippen LogP contribution in [0.1, 0.15) is 10.5 Å². The second kappa shape index (κ2) is 8.47. The first-order chi connectivity index (χ1) is 13.4. The number of halogens is 1. The average Bonchev–Trinajstić information content (AvgIpc) is 3.07. The number of benzene rings is 1. The fourth-order valence-electron chi connectivity index (χ4n) is 2.59. The summed E-state index contributed by atoms with van der Waals surface area (Å²) in [5, 5.41) is 18.2. The van der Waals surface area contributed by atoms with Gasteiger partial charge in [-0.3, -0.25) is 9.48 Å². The van der Waals surface area contributed by atoms with Crippen LogP contribution in [0, 0.1) is 5.82 Å². The number of nitrogens with zero attached hydrogens (tertiary/aromatic N) is 5. The van der Waals surface area contributed by atoms with Crippen LogP contribution in [-0.2, 0) is 7.05 Å². The van der Waals surface area contributed by atoms with E-state index in [1.165, 1.54) is 16.8 Å². The van der Waals surface area contributed by atoms with Crippen molar-refractivity contribution < 1.29 is 9.18 Å². The summed E-state index contributed by atoms with van der Waals surface area (Å²) in [6.45, 7) is 0.906. The van der Waals surface area contributed by atoms with Crippen molar-refractivity contribution in [1.29, 1.82) is 0 Å². The Bertz CT molecular complexity index is 953. The van der Waals surface area contributed by atoms with Crippen LogP contribution in [0.2, 0.25) is 0 Å². The van der Waals surface area contributed by atoms with E-state index in [2.05, 4.69) is 25.9 Å². The van der Waals surface area contributed by atoms with Crippen molar-refractivity contribution in [2.45, 2.75) is 0 Å². The molecule has 0 fully saturated rings. The molecule has 0 spiro atoms.